The molecule has 5 rings (SSSR count). The number of nitrogens with one attached hydrogen (secondary N) is 2. The molecule has 2 aromatic heterocycles. The highest BCUT2D eigenvalue weighted by atomic mass is 19.1. The molecule has 1 aliphatic heterocycles. The number of anilines is 3. The average molecular weight is 462 g/mol. The average Bonchev–Trinajstić information content (AvgIpc) is 2.81. The molecule has 0 bridgehead atoms. The number of nitrogens with zero attached hydrogens (tertiary/aromatic N) is 3. The number of halogens is 1. The van der Waals surface area contributed by atoms with Gasteiger partial charge in [-0.25, -0.2) is 19.2 Å². The second-order valence-corrected chi connectivity index (χ2v) is 8.55. The minimum absolute atomic E-state index is 0.0338. The van der Waals surface area contributed by atoms with Crippen LogP contribution in [0.4, 0.5) is 26.4 Å². The van der Waals surface area contributed by atoms with Crippen LogP contribution in [-0.4, -0.2) is 35.3 Å². The van der Waals surface area contributed by atoms with Crippen LogP contribution in [0.5, 0.6) is 5.88 Å². The summed E-state index contributed by atoms with van der Waals surface area (Å²) in [5.41, 5.74) is 8.49. The van der Waals surface area contributed by atoms with Crippen LogP contribution >= 0.6 is 0 Å². The third-order valence-corrected chi connectivity index (χ3v) is 6.31. The molecule has 0 radical (unpaired) electrons. The van der Waals surface area contributed by atoms with Crippen LogP contribution in [0.25, 0.3) is 21.9 Å². The number of nitrogen functional groups attached to an aromatic ring is 1. The van der Waals surface area contributed by atoms with E-state index in [1.54, 1.807) is 18.3 Å². The molecule has 1 aliphatic carbocycles. The van der Waals surface area contributed by atoms with Crippen LogP contribution in [-0.2, 0) is 4.74 Å². The van der Waals surface area contributed by atoms with Gasteiger partial charge in [0.05, 0.1) is 11.8 Å². The zero-order valence-electron chi connectivity index (χ0n) is 18.5. The number of hydrogen-bond acceptors (Lipinski definition) is 8. The van der Waals surface area contributed by atoms with Crippen molar-refractivity contribution in [2.45, 2.75) is 32.3 Å². The summed E-state index contributed by atoms with van der Waals surface area (Å²) in [7, 11) is 0. The predicted molar refractivity (Wildman–Crippen MR) is 125 cm³/mol. The highest BCUT2D eigenvalue weighted by Gasteiger charge is 2.32. The van der Waals surface area contributed by atoms with Crippen molar-refractivity contribution in [3.8, 4) is 23.1 Å². The Bertz CT molecular complexity index is 1330. The van der Waals surface area contributed by atoms with Crippen LogP contribution in [0.3, 0.4) is 0 Å². The van der Waals surface area contributed by atoms with Crippen molar-refractivity contribution in [1.82, 2.24) is 9.97 Å². The third kappa shape index (κ3) is 3.90. The van der Waals surface area contributed by atoms with E-state index < -0.39 is 11.9 Å². The number of amides is 1. The highest BCUT2D eigenvalue weighted by Crippen LogP contribution is 2.39. The number of hydrogen-bond donors (Lipinski definition) is 3. The van der Waals surface area contributed by atoms with Gasteiger partial charge in [0.25, 0.3) is 0 Å². The number of nitriles is 1. The molecule has 10 heteroatoms. The van der Waals surface area contributed by atoms with Crippen LogP contribution in [0.15, 0.2) is 24.5 Å². The summed E-state index contributed by atoms with van der Waals surface area (Å²) in [4.78, 5) is 20.8. The van der Waals surface area contributed by atoms with Gasteiger partial charge in [0.2, 0.25) is 5.88 Å². The number of rotatable bonds is 4. The maximum Gasteiger partial charge on any atom is 0.413 e. The van der Waals surface area contributed by atoms with E-state index in [0.717, 1.165) is 11.3 Å². The first kappa shape index (κ1) is 21.7. The SMILES string of the molecule is Cc1c(-c2cc3cc(NC(=O)OC4CC(CC#N)C4)ncc3c(N)c2F)cnc2c1NCCO2. The molecule has 3 aromatic rings. The number of carbonyl (C=O) groups is 1. The molecule has 0 unspecified atom stereocenters. The van der Waals surface area contributed by atoms with Crippen molar-refractivity contribution in [3.63, 3.8) is 0 Å². The fraction of sp³-hybridized carbons (Fsp3) is 0.333. The molecule has 34 heavy (non-hydrogen) atoms. The van der Waals surface area contributed by atoms with E-state index in [9.17, 15) is 4.79 Å². The summed E-state index contributed by atoms with van der Waals surface area (Å²) in [6, 6.07) is 5.41. The van der Waals surface area contributed by atoms with Crippen molar-refractivity contribution in [1.29, 1.82) is 5.26 Å². The van der Waals surface area contributed by atoms with Crippen molar-refractivity contribution in [2.75, 3.05) is 29.5 Å². The van der Waals surface area contributed by atoms with Gasteiger partial charge >= 0.3 is 6.09 Å². The minimum atomic E-state index is -0.622. The Kier molecular flexibility index (Phi) is 5.53. The van der Waals surface area contributed by atoms with E-state index >= 15 is 4.39 Å². The molecule has 0 atom stereocenters. The predicted octanol–water partition coefficient (Wildman–Crippen LogP) is 4.37. The molecule has 1 amide bonds. The molecule has 4 N–H and O–H groups in total. The fourth-order valence-corrected chi connectivity index (χ4v) is 4.41. The molecule has 0 spiro atoms. The van der Waals surface area contributed by atoms with Crippen LogP contribution in [0.1, 0.15) is 24.8 Å². The smallest absolute Gasteiger partial charge is 0.413 e. The van der Waals surface area contributed by atoms with Crippen molar-refractivity contribution >= 4 is 34.1 Å². The lowest BCUT2D eigenvalue weighted by Gasteiger charge is -2.32. The largest absolute Gasteiger partial charge is 0.474 e. The van der Waals surface area contributed by atoms with Gasteiger partial charge < -0.3 is 20.5 Å². The number of nitrogens with two attached hydrogens (primary N) is 1. The lowest BCUT2D eigenvalue weighted by atomic mass is 9.80. The molecular formula is C24H23FN6O3. The topological polar surface area (TPSA) is 135 Å². The number of aromatic nitrogens is 2. The summed E-state index contributed by atoms with van der Waals surface area (Å²) in [6.07, 6.45) is 4.00. The molecule has 1 fully saturated rings. The normalized spacial score (nSPS) is 18.6. The number of fused-ring (bicyclic) bond motifs is 2. The summed E-state index contributed by atoms with van der Waals surface area (Å²) < 4.78 is 26.2. The van der Waals surface area contributed by atoms with Gasteiger partial charge in [-0.3, -0.25) is 5.32 Å². The third-order valence-electron chi connectivity index (χ3n) is 6.31. The second kappa shape index (κ2) is 8.67. The number of benzene rings is 1. The molecular weight excluding hydrogens is 439 g/mol. The first-order chi connectivity index (χ1) is 16.4. The Balaban J connectivity index is 1.42. The Morgan fingerprint density at radius 2 is 2.18 bits per heavy atom. The summed E-state index contributed by atoms with van der Waals surface area (Å²) >= 11 is 0. The monoisotopic (exact) mass is 462 g/mol. The van der Waals surface area contributed by atoms with Gasteiger partial charge in [0.1, 0.15) is 24.2 Å². The maximum absolute atomic E-state index is 15.3. The number of pyridine rings is 2. The van der Waals surface area contributed by atoms with Gasteiger partial charge in [-0.1, -0.05) is 0 Å². The second-order valence-electron chi connectivity index (χ2n) is 8.55. The van der Waals surface area contributed by atoms with E-state index in [4.69, 9.17) is 20.5 Å². The fourth-order valence-electron chi connectivity index (χ4n) is 4.41. The van der Waals surface area contributed by atoms with Gasteiger partial charge in [-0.2, -0.15) is 5.26 Å². The summed E-state index contributed by atoms with van der Waals surface area (Å²) in [5.74, 6) is 0.466. The zero-order valence-corrected chi connectivity index (χ0v) is 18.5. The Morgan fingerprint density at radius 1 is 1.35 bits per heavy atom. The van der Waals surface area contributed by atoms with Gasteiger partial charge in [0.15, 0.2) is 5.82 Å². The zero-order chi connectivity index (χ0) is 23.8. The number of ether oxygens (including phenoxy) is 2. The maximum atomic E-state index is 15.3. The van der Waals surface area contributed by atoms with E-state index in [0.29, 0.717) is 60.2 Å². The standard InChI is InChI=1S/C24H23FN6O3/c1-12-17(10-30-23-22(12)28-4-5-33-23)16-8-14-9-19(29-11-18(14)21(27)20(16)25)31-24(32)34-15-6-13(7-15)2-3-26/h8-11,13,15,28H,2,4-7,27H2,1H3,(H,29,31,32). The lowest BCUT2D eigenvalue weighted by molar-refractivity contribution is 0.0264. The Labute approximate surface area is 195 Å². The molecule has 3 heterocycles. The van der Waals surface area contributed by atoms with Crippen LogP contribution in [0.2, 0.25) is 0 Å². The van der Waals surface area contributed by atoms with Crippen molar-refractivity contribution in [2.24, 2.45) is 5.92 Å². The first-order valence-corrected chi connectivity index (χ1v) is 11.0. The molecule has 9 nitrogen and oxygen atoms in total. The molecule has 1 saturated carbocycles. The summed E-state index contributed by atoms with van der Waals surface area (Å²) in [5, 5.41) is 15.6. The van der Waals surface area contributed by atoms with Gasteiger partial charge in [0, 0.05) is 41.9 Å². The molecule has 1 aromatic carbocycles. The van der Waals surface area contributed by atoms with E-state index in [1.165, 1.54) is 6.20 Å². The van der Waals surface area contributed by atoms with Crippen LogP contribution in [0, 0.1) is 30.0 Å². The number of carbonyl (C=O) groups excluding carboxylic acids is 1. The van der Waals surface area contributed by atoms with E-state index in [-0.39, 0.29) is 23.5 Å². The molecule has 2 aliphatic rings. The van der Waals surface area contributed by atoms with Crippen LogP contribution < -0.4 is 21.1 Å². The molecule has 174 valence electrons. The minimum Gasteiger partial charge on any atom is -0.474 e. The Morgan fingerprint density at radius 3 is 2.97 bits per heavy atom. The summed E-state index contributed by atoms with van der Waals surface area (Å²) in [6.45, 7) is 3.02. The highest BCUT2D eigenvalue weighted by molar-refractivity contribution is 5.99. The van der Waals surface area contributed by atoms with Gasteiger partial charge in [-0.15, -0.1) is 0 Å². The van der Waals surface area contributed by atoms with E-state index in [1.807, 2.05) is 6.92 Å². The first-order valence-electron chi connectivity index (χ1n) is 11.0. The quantitative estimate of drug-likeness (QED) is 0.487. The van der Waals surface area contributed by atoms with Gasteiger partial charge in [-0.05, 0) is 48.8 Å². The molecule has 0 saturated heterocycles. The lowest BCUT2D eigenvalue weighted by Crippen LogP contribution is -2.34. The Hall–Kier alpha value is -4.13. The van der Waals surface area contributed by atoms with E-state index in [2.05, 4.69) is 26.7 Å². The van der Waals surface area contributed by atoms with Crippen molar-refractivity contribution < 1.29 is 18.7 Å². The van der Waals surface area contributed by atoms with Crippen molar-refractivity contribution in [3.05, 3.63) is 35.9 Å².